The summed E-state index contributed by atoms with van der Waals surface area (Å²) in [4.78, 5) is 10.6. The van der Waals surface area contributed by atoms with Gasteiger partial charge in [-0.05, 0) is 31.5 Å². The molecule has 10 heteroatoms. The van der Waals surface area contributed by atoms with E-state index in [0.29, 0.717) is 6.07 Å². The highest BCUT2D eigenvalue weighted by atomic mass is 35.5. The molecule has 0 aliphatic carbocycles. The number of sulfonamides is 1. The maximum absolute atomic E-state index is 12.9. The van der Waals surface area contributed by atoms with E-state index >= 15 is 0 Å². The number of alkyl halides is 3. The van der Waals surface area contributed by atoms with E-state index in [0.717, 1.165) is 16.4 Å². The molecule has 23 heavy (non-hydrogen) atoms. The van der Waals surface area contributed by atoms with Gasteiger partial charge in [-0.15, -0.1) is 0 Å². The number of carboxylic acids is 1. The number of hydrogen-bond acceptors (Lipinski definition) is 3. The van der Waals surface area contributed by atoms with E-state index in [1.54, 1.807) is 0 Å². The van der Waals surface area contributed by atoms with Crippen LogP contribution < -0.4 is 0 Å². The predicted octanol–water partition coefficient (Wildman–Crippen LogP) is 2.84. The van der Waals surface area contributed by atoms with Gasteiger partial charge in [0.15, 0.2) is 0 Å². The van der Waals surface area contributed by atoms with Crippen LogP contribution in [0.15, 0.2) is 23.1 Å². The van der Waals surface area contributed by atoms with E-state index in [1.165, 1.54) is 6.92 Å². The van der Waals surface area contributed by atoms with Gasteiger partial charge in [-0.25, -0.2) is 8.42 Å². The van der Waals surface area contributed by atoms with Crippen LogP contribution in [0.2, 0.25) is 5.02 Å². The predicted molar refractivity (Wildman–Crippen MR) is 75.6 cm³/mol. The Labute approximate surface area is 135 Å². The minimum atomic E-state index is -4.79. The lowest BCUT2D eigenvalue weighted by molar-refractivity contribution is -0.147. The van der Waals surface area contributed by atoms with Crippen molar-refractivity contribution in [2.45, 2.75) is 24.4 Å². The molecule has 1 aromatic rings. The molecule has 1 fully saturated rings. The van der Waals surface area contributed by atoms with Crippen molar-refractivity contribution in [2.75, 3.05) is 13.1 Å². The fourth-order valence-corrected chi connectivity index (χ4v) is 4.15. The molecule has 0 amide bonds. The third kappa shape index (κ3) is 3.31. The summed E-state index contributed by atoms with van der Waals surface area (Å²) < 4.78 is 64.4. The van der Waals surface area contributed by atoms with Crippen molar-refractivity contribution in [3.05, 3.63) is 28.8 Å². The largest absolute Gasteiger partial charge is 0.481 e. The number of rotatable bonds is 3. The first-order chi connectivity index (χ1) is 10.4. The first kappa shape index (κ1) is 18.0. The molecule has 1 atom stereocenters. The molecule has 1 saturated heterocycles. The van der Waals surface area contributed by atoms with Gasteiger partial charge in [0.2, 0.25) is 10.0 Å². The summed E-state index contributed by atoms with van der Waals surface area (Å²) in [5.41, 5.74) is -2.51. The minimum absolute atomic E-state index is 0.0743. The van der Waals surface area contributed by atoms with Crippen LogP contribution in [0.5, 0.6) is 0 Å². The highest BCUT2D eigenvalue weighted by Gasteiger charge is 2.45. The first-order valence-electron chi connectivity index (χ1n) is 6.48. The number of benzene rings is 1. The van der Waals surface area contributed by atoms with E-state index < -0.39 is 43.1 Å². The fraction of sp³-hybridized carbons (Fsp3) is 0.462. The van der Waals surface area contributed by atoms with Crippen LogP contribution in [0.1, 0.15) is 18.9 Å². The van der Waals surface area contributed by atoms with Crippen LogP contribution in [-0.4, -0.2) is 36.9 Å². The van der Waals surface area contributed by atoms with Crippen LogP contribution in [0.25, 0.3) is 0 Å². The Morgan fingerprint density at radius 2 is 2.00 bits per heavy atom. The molecular weight excluding hydrogens is 359 g/mol. The van der Waals surface area contributed by atoms with Crippen molar-refractivity contribution >= 4 is 27.6 Å². The SMILES string of the molecule is CC1(C(=O)O)CCN(S(=O)(=O)c2ccc(Cl)c(C(F)(F)F)c2)C1. The van der Waals surface area contributed by atoms with E-state index in [1.807, 2.05) is 0 Å². The molecule has 0 bridgehead atoms. The molecular formula is C13H13ClF3NO4S. The van der Waals surface area contributed by atoms with Crippen molar-refractivity contribution < 1.29 is 31.5 Å². The molecule has 2 rings (SSSR count). The molecule has 128 valence electrons. The third-order valence-electron chi connectivity index (χ3n) is 3.84. The molecule has 1 aromatic carbocycles. The highest BCUT2D eigenvalue weighted by Crippen LogP contribution is 2.38. The van der Waals surface area contributed by atoms with Crippen molar-refractivity contribution in [3.8, 4) is 0 Å². The zero-order valence-corrected chi connectivity index (χ0v) is 13.5. The standard InChI is InChI=1S/C13H13ClF3NO4S/c1-12(11(19)20)4-5-18(7-12)23(21,22)8-2-3-10(14)9(6-8)13(15,16)17/h2-3,6H,4-5,7H2,1H3,(H,19,20). The monoisotopic (exact) mass is 371 g/mol. The minimum Gasteiger partial charge on any atom is -0.481 e. The van der Waals surface area contributed by atoms with Gasteiger partial charge >= 0.3 is 12.1 Å². The third-order valence-corrected chi connectivity index (χ3v) is 6.01. The van der Waals surface area contributed by atoms with E-state index in [2.05, 4.69) is 0 Å². The summed E-state index contributed by atoms with van der Waals surface area (Å²) in [5, 5.41) is 8.52. The van der Waals surface area contributed by atoms with Gasteiger partial charge in [-0.2, -0.15) is 17.5 Å². The van der Waals surface area contributed by atoms with Gasteiger partial charge in [-0.1, -0.05) is 11.6 Å². The van der Waals surface area contributed by atoms with Crippen molar-refractivity contribution in [3.63, 3.8) is 0 Å². The molecule has 1 aliphatic rings. The molecule has 1 heterocycles. The van der Waals surface area contributed by atoms with Crippen molar-refractivity contribution in [1.82, 2.24) is 4.31 Å². The molecule has 1 aliphatic heterocycles. The van der Waals surface area contributed by atoms with Gasteiger partial charge in [-0.3, -0.25) is 4.79 Å². The molecule has 0 radical (unpaired) electrons. The Morgan fingerprint density at radius 1 is 1.39 bits per heavy atom. The lowest BCUT2D eigenvalue weighted by Gasteiger charge is -2.20. The summed E-state index contributed by atoms with van der Waals surface area (Å²) in [6.07, 6.45) is -4.70. The molecule has 1 unspecified atom stereocenters. The summed E-state index contributed by atoms with van der Waals surface area (Å²) in [6.45, 7) is 1.03. The molecule has 0 saturated carbocycles. The van der Waals surface area contributed by atoms with Crippen LogP contribution >= 0.6 is 11.6 Å². The second-order valence-electron chi connectivity index (χ2n) is 5.59. The smallest absolute Gasteiger partial charge is 0.417 e. The van der Waals surface area contributed by atoms with E-state index in [-0.39, 0.29) is 19.5 Å². The van der Waals surface area contributed by atoms with E-state index in [4.69, 9.17) is 16.7 Å². The lowest BCUT2D eigenvalue weighted by atomic mass is 9.90. The topological polar surface area (TPSA) is 74.7 Å². The van der Waals surface area contributed by atoms with Gasteiger partial charge < -0.3 is 5.11 Å². The summed E-state index contributed by atoms with van der Waals surface area (Å²) in [5.74, 6) is -1.15. The normalized spacial score (nSPS) is 23.2. The maximum atomic E-state index is 12.9. The van der Waals surface area contributed by atoms with Gasteiger partial charge in [0, 0.05) is 13.1 Å². The van der Waals surface area contributed by atoms with Gasteiger partial charge in [0.05, 0.1) is 20.9 Å². The summed E-state index contributed by atoms with van der Waals surface area (Å²) in [7, 11) is -4.23. The average Bonchev–Trinajstić information content (AvgIpc) is 2.82. The fourth-order valence-electron chi connectivity index (χ4n) is 2.33. The number of carboxylic acid groups (broad SMARTS) is 1. The van der Waals surface area contributed by atoms with Gasteiger partial charge in [0.1, 0.15) is 0 Å². The lowest BCUT2D eigenvalue weighted by Crippen LogP contribution is -2.35. The van der Waals surface area contributed by atoms with Gasteiger partial charge in [0.25, 0.3) is 0 Å². The molecule has 1 N–H and O–H groups in total. The Morgan fingerprint density at radius 3 is 2.48 bits per heavy atom. The molecule has 5 nitrogen and oxygen atoms in total. The average molecular weight is 372 g/mol. The van der Waals surface area contributed by atoms with Crippen LogP contribution in [0, 0.1) is 5.41 Å². The Bertz CT molecular complexity index is 750. The summed E-state index contributed by atoms with van der Waals surface area (Å²) in [6, 6.07) is 2.31. The number of hydrogen-bond donors (Lipinski definition) is 1. The second kappa shape index (κ2) is 5.64. The van der Waals surface area contributed by atoms with Crippen molar-refractivity contribution in [2.24, 2.45) is 5.41 Å². The number of nitrogens with zero attached hydrogens (tertiary/aromatic N) is 1. The first-order valence-corrected chi connectivity index (χ1v) is 8.30. The number of halogens is 4. The van der Waals surface area contributed by atoms with Crippen LogP contribution in [0.3, 0.4) is 0 Å². The van der Waals surface area contributed by atoms with Crippen LogP contribution in [-0.2, 0) is 21.0 Å². The zero-order chi connectivity index (χ0) is 17.6. The number of aliphatic carboxylic acids is 1. The molecule has 0 aromatic heterocycles. The second-order valence-corrected chi connectivity index (χ2v) is 7.94. The van der Waals surface area contributed by atoms with E-state index in [9.17, 15) is 26.4 Å². The van der Waals surface area contributed by atoms with Crippen molar-refractivity contribution in [1.29, 1.82) is 0 Å². The summed E-state index contributed by atoms with van der Waals surface area (Å²) >= 11 is 5.47. The van der Waals surface area contributed by atoms with Crippen LogP contribution in [0.4, 0.5) is 13.2 Å². The maximum Gasteiger partial charge on any atom is 0.417 e. The molecule has 0 spiro atoms. The highest BCUT2D eigenvalue weighted by molar-refractivity contribution is 7.89. The quantitative estimate of drug-likeness (QED) is 0.886. The number of carbonyl (C=O) groups is 1. The Hall–Kier alpha value is -1.32. The zero-order valence-electron chi connectivity index (χ0n) is 11.9. The Balaban J connectivity index is 2.41. The Kier molecular flexibility index (Phi) is 4.42.